The largest absolute Gasteiger partial charge is 0.394 e. The third-order valence-electron chi connectivity index (χ3n) is 0.593. The molecule has 0 heterocycles. The molecule has 0 aromatic carbocycles. The molecule has 10 heavy (non-hydrogen) atoms. The van der Waals surface area contributed by atoms with Gasteiger partial charge in [0.15, 0.2) is 0 Å². The summed E-state index contributed by atoms with van der Waals surface area (Å²) >= 11 is 0. The number of rotatable bonds is 5. The van der Waals surface area contributed by atoms with Crippen LogP contribution in [0.25, 0.3) is 0 Å². The predicted octanol–water partition coefficient (Wildman–Crippen LogP) is -0.294. The fourth-order valence-electron chi connectivity index (χ4n) is 0.315. The molecule has 0 aromatic rings. The van der Waals surface area contributed by atoms with Crippen molar-refractivity contribution >= 4 is 8.25 Å². The van der Waals surface area contributed by atoms with Gasteiger partial charge in [-0.05, 0) is 6.92 Å². The van der Waals surface area contributed by atoms with Crippen LogP contribution in [0.1, 0.15) is 6.92 Å². The van der Waals surface area contributed by atoms with E-state index in [4.69, 9.17) is 10.8 Å². The fraction of sp³-hybridized carbons (Fsp3) is 1.00. The average Bonchev–Trinajstić information content (AvgIpc) is 1.82. The van der Waals surface area contributed by atoms with Gasteiger partial charge in [0.25, 0.3) is 0 Å². The van der Waals surface area contributed by atoms with E-state index in [0.29, 0.717) is 0 Å². The molecule has 0 aliphatic rings. The van der Waals surface area contributed by atoms with Gasteiger partial charge in [-0.3, -0.25) is 9.09 Å². The first-order chi connectivity index (χ1) is 4.66. The molecular formula is C4H12NO4P. The Morgan fingerprint density at radius 3 is 2.80 bits per heavy atom. The highest BCUT2D eigenvalue weighted by molar-refractivity contribution is 7.33. The van der Waals surface area contributed by atoms with Crippen LogP contribution in [0.15, 0.2) is 0 Å². The van der Waals surface area contributed by atoms with Crippen molar-refractivity contribution in [3.05, 3.63) is 0 Å². The summed E-state index contributed by atoms with van der Waals surface area (Å²) < 4.78 is 19.6. The molecule has 0 aliphatic heterocycles. The fourth-order valence-corrected chi connectivity index (χ4v) is 0.944. The quantitative estimate of drug-likeness (QED) is 0.436. The number of hydrogen-bond acceptors (Lipinski definition) is 5. The van der Waals surface area contributed by atoms with Crippen molar-refractivity contribution in [2.24, 2.45) is 5.73 Å². The zero-order valence-corrected chi connectivity index (χ0v) is 6.74. The molecule has 3 N–H and O–H groups in total. The summed E-state index contributed by atoms with van der Waals surface area (Å²) in [5, 5.41) is 8.21. The second-order valence-corrected chi connectivity index (χ2v) is 2.67. The Morgan fingerprint density at radius 2 is 2.40 bits per heavy atom. The van der Waals surface area contributed by atoms with Crippen molar-refractivity contribution in [2.45, 2.75) is 13.2 Å². The molecule has 6 heteroatoms. The van der Waals surface area contributed by atoms with Crippen molar-refractivity contribution in [3.63, 3.8) is 0 Å². The highest BCUT2D eigenvalue weighted by Crippen LogP contribution is 2.23. The molecule has 0 aromatic heterocycles. The first kappa shape index (κ1) is 10.1. The third kappa shape index (κ3) is 6.19. The number of hydrogen-bond donors (Lipinski definition) is 2. The minimum atomic E-state index is -2.49. The van der Waals surface area contributed by atoms with Crippen molar-refractivity contribution in [3.8, 4) is 0 Å². The number of nitrogens with two attached hydrogens (primary N) is 1. The van der Waals surface area contributed by atoms with Gasteiger partial charge in [0.05, 0.1) is 13.2 Å². The van der Waals surface area contributed by atoms with Crippen LogP contribution in [-0.4, -0.2) is 24.5 Å². The Labute approximate surface area is 60.1 Å². The lowest BCUT2D eigenvalue weighted by Crippen LogP contribution is -2.15. The predicted molar refractivity (Wildman–Crippen MR) is 36.8 cm³/mol. The normalized spacial score (nSPS) is 16.7. The van der Waals surface area contributed by atoms with Crippen molar-refractivity contribution < 1.29 is 18.7 Å². The van der Waals surface area contributed by atoms with E-state index in [9.17, 15) is 4.57 Å². The Kier molecular flexibility index (Phi) is 5.87. The van der Waals surface area contributed by atoms with Gasteiger partial charge in [-0.15, -0.1) is 0 Å². The van der Waals surface area contributed by atoms with Gasteiger partial charge in [0.1, 0.15) is 6.23 Å². The van der Waals surface area contributed by atoms with Crippen LogP contribution in [0.5, 0.6) is 0 Å². The highest BCUT2D eigenvalue weighted by Gasteiger charge is 2.01. The van der Waals surface area contributed by atoms with Crippen LogP contribution in [-0.2, 0) is 13.6 Å². The molecule has 0 spiro atoms. The number of aliphatic hydroxyl groups excluding tert-OH is 1. The lowest BCUT2D eigenvalue weighted by Gasteiger charge is -2.06. The monoisotopic (exact) mass is 169 g/mol. The maximum absolute atomic E-state index is 10.6. The summed E-state index contributed by atoms with van der Waals surface area (Å²) in [4.78, 5) is 0. The van der Waals surface area contributed by atoms with Crippen LogP contribution in [0.4, 0.5) is 0 Å². The Morgan fingerprint density at radius 1 is 1.80 bits per heavy atom. The van der Waals surface area contributed by atoms with E-state index in [0.717, 1.165) is 0 Å². The van der Waals surface area contributed by atoms with Crippen LogP contribution in [0.2, 0.25) is 0 Å². The zero-order chi connectivity index (χ0) is 7.98. The topological polar surface area (TPSA) is 81.8 Å². The second kappa shape index (κ2) is 5.82. The van der Waals surface area contributed by atoms with Gasteiger partial charge in [0.2, 0.25) is 0 Å². The minimum Gasteiger partial charge on any atom is -0.394 e. The molecular weight excluding hydrogens is 157 g/mol. The van der Waals surface area contributed by atoms with E-state index in [-0.39, 0.29) is 13.2 Å². The molecule has 0 rings (SSSR count). The Balaban J connectivity index is 3.26. The van der Waals surface area contributed by atoms with Crippen LogP contribution in [0, 0.1) is 0 Å². The molecule has 2 unspecified atom stereocenters. The van der Waals surface area contributed by atoms with Crippen molar-refractivity contribution in [1.29, 1.82) is 0 Å². The molecule has 0 bridgehead atoms. The summed E-state index contributed by atoms with van der Waals surface area (Å²) in [6.45, 7) is 1.40. The minimum absolute atomic E-state index is 0.0184. The van der Waals surface area contributed by atoms with E-state index in [1.54, 1.807) is 6.92 Å². The van der Waals surface area contributed by atoms with E-state index in [1.807, 2.05) is 0 Å². The van der Waals surface area contributed by atoms with Gasteiger partial charge < -0.3 is 15.4 Å². The molecule has 0 saturated heterocycles. The average molecular weight is 169 g/mol. The molecule has 5 nitrogen and oxygen atoms in total. The van der Waals surface area contributed by atoms with Crippen molar-refractivity contribution in [2.75, 3.05) is 13.2 Å². The van der Waals surface area contributed by atoms with Gasteiger partial charge in [-0.1, -0.05) is 0 Å². The summed E-state index contributed by atoms with van der Waals surface area (Å²) in [5.74, 6) is 0. The van der Waals surface area contributed by atoms with Gasteiger partial charge in [-0.25, -0.2) is 0 Å². The molecule has 0 radical (unpaired) electrons. The van der Waals surface area contributed by atoms with Gasteiger partial charge in [0, 0.05) is 0 Å². The smallest absolute Gasteiger partial charge is 0.320 e. The standard InChI is InChI=1S/C4H12NO4P/c1-4(5)9-10(7)8-3-2-6/h4,6,10H,2-3,5H2,1H3. The SMILES string of the molecule is CC(N)O[PH](=O)OCCO. The maximum Gasteiger partial charge on any atom is 0.320 e. The number of aliphatic hydroxyl groups is 1. The molecule has 0 amide bonds. The molecule has 0 saturated carbocycles. The van der Waals surface area contributed by atoms with Crippen LogP contribution < -0.4 is 5.73 Å². The zero-order valence-electron chi connectivity index (χ0n) is 5.74. The van der Waals surface area contributed by atoms with E-state index in [1.165, 1.54) is 0 Å². The third-order valence-corrected chi connectivity index (χ3v) is 1.60. The first-order valence-electron chi connectivity index (χ1n) is 2.86. The highest BCUT2D eigenvalue weighted by atomic mass is 31.1. The van der Waals surface area contributed by atoms with Crippen molar-refractivity contribution in [1.82, 2.24) is 0 Å². The summed E-state index contributed by atoms with van der Waals surface area (Å²) in [6, 6.07) is 0. The van der Waals surface area contributed by atoms with Gasteiger partial charge >= 0.3 is 8.25 Å². The molecule has 62 valence electrons. The Hall–Kier alpha value is 0.0700. The van der Waals surface area contributed by atoms with Crippen LogP contribution >= 0.6 is 8.25 Å². The van der Waals surface area contributed by atoms with Crippen LogP contribution in [0.3, 0.4) is 0 Å². The van der Waals surface area contributed by atoms with E-state index < -0.39 is 14.5 Å². The Bertz CT molecular complexity index is 107. The lowest BCUT2D eigenvalue weighted by atomic mass is 10.7. The summed E-state index contributed by atoms with van der Waals surface area (Å²) in [6.07, 6.45) is -0.593. The summed E-state index contributed by atoms with van der Waals surface area (Å²) in [7, 11) is -2.49. The molecule has 2 atom stereocenters. The second-order valence-electron chi connectivity index (χ2n) is 1.65. The maximum atomic E-state index is 10.6. The first-order valence-corrected chi connectivity index (χ1v) is 4.09. The van der Waals surface area contributed by atoms with E-state index >= 15 is 0 Å². The molecule has 0 fully saturated rings. The lowest BCUT2D eigenvalue weighted by molar-refractivity contribution is 0.152. The van der Waals surface area contributed by atoms with E-state index in [2.05, 4.69) is 9.05 Å². The summed E-state index contributed by atoms with van der Waals surface area (Å²) in [5.41, 5.74) is 5.13. The molecule has 0 aliphatic carbocycles. The van der Waals surface area contributed by atoms with Gasteiger partial charge in [-0.2, -0.15) is 0 Å².